The number of benzene rings is 2. The van der Waals surface area contributed by atoms with Crippen molar-refractivity contribution in [2.24, 2.45) is 0 Å². The minimum atomic E-state index is 0.388. The first-order valence-electron chi connectivity index (χ1n) is 10.9. The maximum atomic E-state index is 4.83. The van der Waals surface area contributed by atoms with Gasteiger partial charge in [-0.1, -0.05) is 42.0 Å². The van der Waals surface area contributed by atoms with E-state index in [4.69, 9.17) is 10.1 Å². The van der Waals surface area contributed by atoms with E-state index >= 15 is 0 Å². The van der Waals surface area contributed by atoms with Crippen LogP contribution in [0, 0.1) is 20.8 Å². The molecule has 0 aliphatic carbocycles. The maximum Gasteiger partial charge on any atom is 0.254 e. The van der Waals surface area contributed by atoms with Gasteiger partial charge in [-0.2, -0.15) is 9.50 Å². The Balaban J connectivity index is 1.47. The molecular formula is C25H28N6. The number of anilines is 2. The highest BCUT2D eigenvalue weighted by atomic mass is 15.4. The highest BCUT2D eigenvalue weighted by molar-refractivity contribution is 5.60. The first kappa shape index (κ1) is 19.5. The van der Waals surface area contributed by atoms with Gasteiger partial charge in [-0.25, -0.2) is 4.98 Å². The quantitative estimate of drug-likeness (QED) is 0.498. The van der Waals surface area contributed by atoms with Gasteiger partial charge in [0, 0.05) is 48.7 Å². The lowest BCUT2D eigenvalue weighted by Gasteiger charge is -2.42. The van der Waals surface area contributed by atoms with Crippen molar-refractivity contribution in [3.63, 3.8) is 0 Å². The Labute approximate surface area is 183 Å². The Morgan fingerprint density at radius 3 is 2.42 bits per heavy atom. The van der Waals surface area contributed by atoms with Gasteiger partial charge in [0.15, 0.2) is 5.82 Å². The van der Waals surface area contributed by atoms with E-state index in [1.165, 1.54) is 16.8 Å². The summed E-state index contributed by atoms with van der Waals surface area (Å²) in [5.41, 5.74) is 5.79. The average molecular weight is 413 g/mol. The largest absolute Gasteiger partial charge is 0.365 e. The highest BCUT2D eigenvalue weighted by Gasteiger charge is 2.26. The molecule has 3 heterocycles. The first-order valence-corrected chi connectivity index (χ1v) is 10.9. The molecule has 1 atom stereocenters. The van der Waals surface area contributed by atoms with Crippen molar-refractivity contribution in [2.75, 3.05) is 29.4 Å². The third kappa shape index (κ3) is 3.74. The summed E-state index contributed by atoms with van der Waals surface area (Å²) >= 11 is 0. The van der Waals surface area contributed by atoms with Crippen molar-refractivity contribution in [3.05, 3.63) is 71.4 Å². The van der Waals surface area contributed by atoms with Crippen LogP contribution in [-0.4, -0.2) is 45.3 Å². The van der Waals surface area contributed by atoms with Crippen molar-refractivity contribution >= 4 is 17.3 Å². The fourth-order valence-corrected chi connectivity index (χ4v) is 4.37. The number of aryl methyl sites for hydroxylation is 3. The van der Waals surface area contributed by atoms with Crippen LogP contribution in [0.3, 0.4) is 0 Å². The predicted octanol–water partition coefficient (Wildman–Crippen LogP) is 4.43. The number of aromatic nitrogens is 4. The fourth-order valence-electron chi connectivity index (χ4n) is 4.37. The maximum absolute atomic E-state index is 4.83. The lowest BCUT2D eigenvalue weighted by molar-refractivity contribution is 0.543. The number of hydrogen-bond donors (Lipinski definition) is 0. The van der Waals surface area contributed by atoms with Crippen molar-refractivity contribution in [1.29, 1.82) is 0 Å². The standard InChI is InChI=1S/C25H28N6/c1-17-8-10-21(11-9-17)24-27-25-26-19(3)15-23(31(25)28-24)29-12-13-30(20(4)16-29)22-7-5-6-18(2)14-22/h5-11,14-15,20H,12-13,16H2,1-4H3/t20-/m0/s1. The molecule has 4 aromatic rings. The van der Waals surface area contributed by atoms with Gasteiger partial charge in [0.1, 0.15) is 5.82 Å². The molecule has 5 rings (SSSR count). The van der Waals surface area contributed by atoms with Crippen molar-refractivity contribution in [3.8, 4) is 11.4 Å². The molecular weight excluding hydrogens is 384 g/mol. The smallest absolute Gasteiger partial charge is 0.254 e. The molecule has 158 valence electrons. The Morgan fingerprint density at radius 1 is 0.871 bits per heavy atom. The van der Waals surface area contributed by atoms with E-state index in [1.54, 1.807) is 0 Å². The third-order valence-corrected chi connectivity index (χ3v) is 6.02. The summed E-state index contributed by atoms with van der Waals surface area (Å²) in [6, 6.07) is 19.6. The van der Waals surface area contributed by atoms with Crippen molar-refractivity contribution in [1.82, 2.24) is 19.6 Å². The Morgan fingerprint density at radius 2 is 1.68 bits per heavy atom. The van der Waals surface area contributed by atoms with Crippen LogP contribution in [0.15, 0.2) is 54.6 Å². The van der Waals surface area contributed by atoms with E-state index in [0.29, 0.717) is 17.6 Å². The topological polar surface area (TPSA) is 49.6 Å². The van der Waals surface area contributed by atoms with Crippen molar-refractivity contribution < 1.29 is 0 Å². The van der Waals surface area contributed by atoms with Gasteiger partial charge >= 0.3 is 0 Å². The van der Waals surface area contributed by atoms with Crippen LogP contribution in [0.1, 0.15) is 23.7 Å². The monoisotopic (exact) mass is 412 g/mol. The predicted molar refractivity (Wildman–Crippen MR) is 126 cm³/mol. The molecule has 6 nitrogen and oxygen atoms in total. The molecule has 6 heteroatoms. The van der Waals surface area contributed by atoms with Crippen molar-refractivity contribution in [2.45, 2.75) is 33.7 Å². The molecule has 0 N–H and O–H groups in total. The zero-order valence-corrected chi connectivity index (χ0v) is 18.6. The zero-order valence-electron chi connectivity index (χ0n) is 18.6. The normalized spacial score (nSPS) is 16.8. The van der Waals surface area contributed by atoms with Gasteiger partial charge in [0.05, 0.1) is 0 Å². The molecule has 0 amide bonds. The second-order valence-electron chi connectivity index (χ2n) is 8.60. The van der Waals surface area contributed by atoms with E-state index in [-0.39, 0.29) is 0 Å². The fraction of sp³-hybridized carbons (Fsp3) is 0.320. The summed E-state index contributed by atoms with van der Waals surface area (Å²) in [6.45, 7) is 11.4. The number of hydrogen-bond acceptors (Lipinski definition) is 5. The van der Waals surface area contributed by atoms with Gasteiger partial charge in [-0.3, -0.25) is 0 Å². The number of fused-ring (bicyclic) bond motifs is 1. The van der Waals surface area contributed by atoms with Gasteiger partial charge in [-0.05, 0) is 45.4 Å². The molecule has 31 heavy (non-hydrogen) atoms. The highest BCUT2D eigenvalue weighted by Crippen LogP contribution is 2.26. The average Bonchev–Trinajstić information content (AvgIpc) is 3.17. The summed E-state index contributed by atoms with van der Waals surface area (Å²) in [5, 5.41) is 4.83. The Kier molecular flexibility index (Phi) is 4.85. The van der Waals surface area contributed by atoms with Gasteiger partial charge in [0.25, 0.3) is 5.78 Å². The Hall–Kier alpha value is -3.41. The molecule has 1 aliphatic rings. The van der Waals surface area contributed by atoms with Crippen LogP contribution in [-0.2, 0) is 0 Å². The number of nitrogens with zero attached hydrogens (tertiary/aromatic N) is 6. The van der Waals surface area contributed by atoms with E-state index in [2.05, 4.69) is 90.2 Å². The minimum absolute atomic E-state index is 0.388. The van der Waals surface area contributed by atoms with Crippen LogP contribution in [0.5, 0.6) is 0 Å². The van der Waals surface area contributed by atoms with E-state index in [1.807, 2.05) is 11.4 Å². The van der Waals surface area contributed by atoms with Gasteiger partial charge in [0.2, 0.25) is 0 Å². The van der Waals surface area contributed by atoms with Crippen LogP contribution < -0.4 is 9.80 Å². The molecule has 0 bridgehead atoms. The van der Waals surface area contributed by atoms with Crippen LogP contribution in [0.2, 0.25) is 0 Å². The molecule has 2 aromatic carbocycles. The van der Waals surface area contributed by atoms with Gasteiger partial charge in [-0.15, -0.1) is 5.10 Å². The first-order chi connectivity index (χ1) is 15.0. The van der Waals surface area contributed by atoms with Gasteiger partial charge < -0.3 is 9.80 Å². The summed E-state index contributed by atoms with van der Waals surface area (Å²) in [7, 11) is 0. The summed E-state index contributed by atoms with van der Waals surface area (Å²) in [6.07, 6.45) is 0. The second-order valence-corrected chi connectivity index (χ2v) is 8.60. The molecule has 0 radical (unpaired) electrons. The van der Waals surface area contributed by atoms with Crippen LogP contribution in [0.25, 0.3) is 17.2 Å². The second kappa shape index (κ2) is 7.69. The molecule has 1 fully saturated rings. The summed E-state index contributed by atoms with van der Waals surface area (Å²) in [5.74, 6) is 2.43. The van der Waals surface area contributed by atoms with E-state index in [9.17, 15) is 0 Å². The lowest BCUT2D eigenvalue weighted by atomic mass is 10.1. The van der Waals surface area contributed by atoms with E-state index < -0.39 is 0 Å². The lowest BCUT2D eigenvalue weighted by Crippen LogP contribution is -2.52. The molecule has 0 spiro atoms. The summed E-state index contributed by atoms with van der Waals surface area (Å²) in [4.78, 5) is 14.3. The summed E-state index contributed by atoms with van der Waals surface area (Å²) < 4.78 is 1.90. The van der Waals surface area contributed by atoms with Crippen LogP contribution in [0.4, 0.5) is 11.5 Å². The minimum Gasteiger partial charge on any atom is -0.365 e. The zero-order chi connectivity index (χ0) is 21.5. The molecule has 1 saturated heterocycles. The number of piperazine rings is 1. The SMILES string of the molecule is Cc1ccc(-c2nc3nc(C)cc(N4CCN(c5cccc(C)c5)[C@@H](C)C4)n3n2)cc1. The third-order valence-electron chi connectivity index (χ3n) is 6.02. The van der Waals surface area contributed by atoms with Crippen LogP contribution >= 0.6 is 0 Å². The molecule has 2 aromatic heterocycles. The van der Waals surface area contributed by atoms with E-state index in [0.717, 1.165) is 36.7 Å². The Bertz CT molecular complexity index is 1230. The molecule has 0 saturated carbocycles. The molecule has 0 unspecified atom stereocenters. The number of rotatable bonds is 3. The molecule has 1 aliphatic heterocycles.